The van der Waals surface area contributed by atoms with Crippen molar-refractivity contribution in [2.24, 2.45) is 4.99 Å². The van der Waals surface area contributed by atoms with Crippen molar-refractivity contribution in [3.05, 3.63) is 60.4 Å². The number of halogens is 2. The molecule has 0 aliphatic carbocycles. The minimum atomic E-state index is -0.904. The number of pyridine rings is 1. The van der Waals surface area contributed by atoms with Crippen molar-refractivity contribution in [1.82, 2.24) is 10.3 Å². The molecule has 4 nitrogen and oxygen atoms in total. The van der Waals surface area contributed by atoms with Gasteiger partial charge in [-0.15, -0.1) is 0 Å². The van der Waals surface area contributed by atoms with Crippen molar-refractivity contribution in [3.63, 3.8) is 0 Å². The third kappa shape index (κ3) is 5.01. The first kappa shape index (κ1) is 15.6. The Morgan fingerprint density at radius 1 is 1.40 bits per heavy atom. The summed E-state index contributed by atoms with van der Waals surface area (Å²) < 4.78 is 31.1. The fourth-order valence-corrected chi connectivity index (χ4v) is 1.26. The summed E-state index contributed by atoms with van der Waals surface area (Å²) in [6, 6.07) is 2.21. The topological polar surface area (TPSA) is 46.5 Å². The summed E-state index contributed by atoms with van der Waals surface area (Å²) in [7, 11) is 1.48. The Hall–Kier alpha value is -2.50. The molecule has 0 unspecified atom stereocenters. The molecule has 0 aliphatic heterocycles. The van der Waals surface area contributed by atoms with Crippen LogP contribution in [0.3, 0.4) is 0 Å². The lowest BCUT2D eigenvalue weighted by Gasteiger charge is -2.07. The molecule has 0 saturated carbocycles. The first-order chi connectivity index (χ1) is 9.56. The molecule has 1 heterocycles. The van der Waals surface area contributed by atoms with Crippen molar-refractivity contribution >= 4 is 11.9 Å². The smallest absolute Gasteiger partial charge is 0.216 e. The molecule has 6 heteroatoms. The van der Waals surface area contributed by atoms with Gasteiger partial charge in [-0.25, -0.2) is 0 Å². The molecule has 0 aromatic carbocycles. The highest BCUT2D eigenvalue weighted by atomic mass is 19.1. The molecule has 0 atom stereocenters. The monoisotopic (exact) mass is 279 g/mol. The molecule has 20 heavy (non-hydrogen) atoms. The molecule has 0 spiro atoms. The minimum Gasteiger partial charge on any atom is -0.497 e. The number of nitrogens with zero attached hydrogens (tertiary/aromatic N) is 2. The normalized spacial score (nSPS) is 12.1. The number of hydrogen-bond acceptors (Lipinski definition) is 4. The zero-order valence-electron chi connectivity index (χ0n) is 11.2. The highest BCUT2D eigenvalue weighted by Crippen LogP contribution is 2.14. The Kier molecular flexibility index (Phi) is 6.09. The lowest BCUT2D eigenvalue weighted by molar-refractivity contribution is 0.308. The predicted octanol–water partition coefficient (Wildman–Crippen LogP) is 3.01. The maximum atomic E-state index is 13.1. The molecular formula is C14H15F2N3O. The predicted molar refractivity (Wildman–Crippen MR) is 74.7 cm³/mol. The van der Waals surface area contributed by atoms with Crippen LogP contribution in [0.1, 0.15) is 12.5 Å². The van der Waals surface area contributed by atoms with Gasteiger partial charge < -0.3 is 10.1 Å². The number of allylic oxidation sites excluding steroid dienone is 1. The molecule has 1 N–H and O–H groups in total. The van der Waals surface area contributed by atoms with E-state index in [9.17, 15) is 8.78 Å². The van der Waals surface area contributed by atoms with Gasteiger partial charge in [0.2, 0.25) is 11.9 Å². The average molecular weight is 279 g/mol. The number of ether oxygens (including phenoxy) is 1. The van der Waals surface area contributed by atoms with Gasteiger partial charge in [0.1, 0.15) is 5.76 Å². The van der Waals surface area contributed by atoms with Crippen LogP contribution in [0.2, 0.25) is 0 Å². The third-order valence-corrected chi connectivity index (χ3v) is 2.20. The van der Waals surface area contributed by atoms with Crippen LogP contribution >= 0.6 is 0 Å². The first-order valence-corrected chi connectivity index (χ1v) is 5.74. The second kappa shape index (κ2) is 7.83. The molecular weight excluding hydrogens is 264 g/mol. The summed E-state index contributed by atoms with van der Waals surface area (Å²) in [6.07, 6.45) is 6.08. The van der Waals surface area contributed by atoms with Gasteiger partial charge in [0.25, 0.3) is 0 Å². The van der Waals surface area contributed by atoms with E-state index in [1.54, 1.807) is 19.2 Å². The Labute approximate surface area is 116 Å². The molecule has 0 saturated heterocycles. The highest BCUT2D eigenvalue weighted by molar-refractivity contribution is 5.66. The summed E-state index contributed by atoms with van der Waals surface area (Å²) in [5, 5.41) is 2.86. The average Bonchev–Trinajstić information content (AvgIpc) is 2.41. The van der Waals surface area contributed by atoms with E-state index in [0.717, 1.165) is 12.1 Å². The van der Waals surface area contributed by atoms with Gasteiger partial charge in [-0.05, 0) is 13.0 Å². The van der Waals surface area contributed by atoms with Crippen molar-refractivity contribution in [2.75, 3.05) is 7.11 Å². The largest absolute Gasteiger partial charge is 0.497 e. The number of aromatic nitrogens is 1. The van der Waals surface area contributed by atoms with Crippen LogP contribution in [0.5, 0.6) is 0 Å². The fourth-order valence-electron chi connectivity index (χ4n) is 1.26. The maximum absolute atomic E-state index is 13.1. The molecule has 0 bridgehead atoms. The summed E-state index contributed by atoms with van der Waals surface area (Å²) in [5.41, 5.74) is 0.691. The van der Waals surface area contributed by atoms with Crippen LogP contribution in [0, 0.1) is 11.9 Å². The Bertz CT molecular complexity index is 545. The van der Waals surface area contributed by atoms with Crippen LogP contribution in [-0.4, -0.2) is 18.3 Å². The van der Waals surface area contributed by atoms with E-state index >= 15 is 0 Å². The van der Waals surface area contributed by atoms with Crippen molar-refractivity contribution in [1.29, 1.82) is 0 Å². The molecule has 1 aromatic heterocycles. The number of aliphatic imine (C=N–C) groups is 1. The molecule has 1 rings (SSSR count). The zero-order chi connectivity index (χ0) is 15.0. The van der Waals surface area contributed by atoms with E-state index in [1.807, 2.05) is 0 Å². The number of rotatable bonds is 6. The number of methoxy groups -OCH3 is 1. The molecule has 0 aliphatic rings. The zero-order valence-corrected chi connectivity index (χ0v) is 11.2. The lowest BCUT2D eigenvalue weighted by Crippen LogP contribution is -2.05. The van der Waals surface area contributed by atoms with Gasteiger partial charge in [0, 0.05) is 30.1 Å². The fraction of sp³-hybridized carbons (Fsp3) is 0.143. The van der Waals surface area contributed by atoms with Crippen LogP contribution in [-0.2, 0) is 4.74 Å². The lowest BCUT2D eigenvalue weighted by atomic mass is 10.2. The Morgan fingerprint density at radius 3 is 2.60 bits per heavy atom. The molecule has 1 aromatic rings. The SMILES string of the molecule is C=C(/C=C\N/C(=C\N=CC)c1cc(F)nc(F)c1)OC. The van der Waals surface area contributed by atoms with Crippen LogP contribution in [0.15, 0.2) is 47.9 Å². The molecule has 106 valence electrons. The minimum absolute atomic E-state index is 0.285. The van der Waals surface area contributed by atoms with Crippen molar-refractivity contribution in [2.45, 2.75) is 6.92 Å². The van der Waals surface area contributed by atoms with E-state index < -0.39 is 11.9 Å². The molecule has 0 fully saturated rings. The quantitative estimate of drug-likeness (QED) is 0.377. The van der Waals surface area contributed by atoms with Crippen LogP contribution < -0.4 is 5.32 Å². The van der Waals surface area contributed by atoms with Gasteiger partial charge in [-0.1, -0.05) is 6.58 Å². The number of nitrogens with one attached hydrogen (secondary N) is 1. The second-order valence-electron chi connectivity index (χ2n) is 3.60. The van der Waals surface area contributed by atoms with E-state index in [2.05, 4.69) is 21.9 Å². The van der Waals surface area contributed by atoms with Gasteiger partial charge >= 0.3 is 0 Å². The van der Waals surface area contributed by atoms with Crippen molar-refractivity contribution in [3.8, 4) is 0 Å². The van der Waals surface area contributed by atoms with Crippen LogP contribution in [0.4, 0.5) is 8.78 Å². The van der Waals surface area contributed by atoms with Gasteiger partial charge in [0.15, 0.2) is 0 Å². The Balaban J connectivity index is 3.01. The summed E-state index contributed by atoms with van der Waals surface area (Å²) in [4.78, 5) is 6.96. The van der Waals surface area contributed by atoms with Gasteiger partial charge in [-0.2, -0.15) is 13.8 Å². The van der Waals surface area contributed by atoms with Crippen LogP contribution in [0.25, 0.3) is 5.70 Å². The molecule has 0 amide bonds. The van der Waals surface area contributed by atoms with Crippen molar-refractivity contribution < 1.29 is 13.5 Å². The second-order valence-corrected chi connectivity index (χ2v) is 3.60. The molecule has 0 radical (unpaired) electrons. The van der Waals surface area contributed by atoms with E-state index in [1.165, 1.54) is 19.5 Å². The standard InChI is InChI=1S/C14H15F2N3O/c1-4-17-9-12(18-6-5-10(2)20-3)11-7-13(15)19-14(16)8-11/h4-9,18H,2H2,1,3H3/b6-5-,12-9-,17-4?. The third-order valence-electron chi connectivity index (χ3n) is 2.20. The summed E-state index contributed by atoms with van der Waals surface area (Å²) in [6.45, 7) is 5.33. The summed E-state index contributed by atoms with van der Waals surface area (Å²) in [5.74, 6) is -1.38. The first-order valence-electron chi connectivity index (χ1n) is 5.74. The number of hydrogen-bond donors (Lipinski definition) is 1. The maximum Gasteiger partial charge on any atom is 0.216 e. The summed E-state index contributed by atoms with van der Waals surface area (Å²) >= 11 is 0. The van der Waals surface area contributed by atoms with E-state index in [-0.39, 0.29) is 5.56 Å². The Morgan fingerprint density at radius 2 is 2.05 bits per heavy atom. The van der Waals surface area contributed by atoms with Gasteiger partial charge in [-0.3, -0.25) is 4.99 Å². The highest BCUT2D eigenvalue weighted by Gasteiger charge is 2.06. The van der Waals surface area contributed by atoms with E-state index in [0.29, 0.717) is 11.5 Å². The van der Waals surface area contributed by atoms with Gasteiger partial charge in [0.05, 0.1) is 19.0 Å². The van der Waals surface area contributed by atoms with E-state index in [4.69, 9.17) is 4.74 Å².